The van der Waals surface area contributed by atoms with Crippen LogP contribution in [-0.4, -0.2) is 44.6 Å². The smallest absolute Gasteiger partial charge is 0.240 e. The first kappa shape index (κ1) is 20.5. The Morgan fingerprint density at radius 1 is 0.964 bits per heavy atom. The SMILES string of the molecule is Cc1nc(NCCNS(=O)(=O)c2ccc(C)c(C)c2)cc(N2CCCCC2)n1. The summed E-state index contributed by atoms with van der Waals surface area (Å²) < 4.78 is 27.5. The molecule has 1 saturated heterocycles. The number of aryl methyl sites for hydroxylation is 3. The highest BCUT2D eigenvalue weighted by Crippen LogP contribution is 2.20. The minimum Gasteiger partial charge on any atom is -0.369 e. The maximum absolute atomic E-state index is 12.5. The minimum atomic E-state index is -3.52. The first-order chi connectivity index (χ1) is 13.3. The van der Waals surface area contributed by atoms with Gasteiger partial charge in [0.05, 0.1) is 4.90 Å². The molecule has 8 heteroatoms. The molecule has 0 radical (unpaired) electrons. The van der Waals surface area contributed by atoms with Crippen molar-refractivity contribution in [3.8, 4) is 0 Å². The Morgan fingerprint density at radius 3 is 2.43 bits per heavy atom. The average molecular weight is 404 g/mol. The van der Waals surface area contributed by atoms with Gasteiger partial charge in [-0.05, 0) is 63.3 Å². The van der Waals surface area contributed by atoms with Crippen LogP contribution in [0, 0.1) is 20.8 Å². The Bertz CT molecular complexity index is 924. The number of anilines is 2. The van der Waals surface area contributed by atoms with Gasteiger partial charge in [-0.25, -0.2) is 23.1 Å². The molecule has 1 fully saturated rings. The van der Waals surface area contributed by atoms with E-state index in [9.17, 15) is 8.42 Å². The van der Waals surface area contributed by atoms with Crippen LogP contribution in [0.3, 0.4) is 0 Å². The quantitative estimate of drug-likeness (QED) is 0.691. The molecule has 1 aromatic heterocycles. The fourth-order valence-electron chi connectivity index (χ4n) is 3.27. The molecule has 7 nitrogen and oxygen atoms in total. The van der Waals surface area contributed by atoms with Crippen LogP contribution in [0.2, 0.25) is 0 Å². The molecular weight excluding hydrogens is 374 g/mol. The van der Waals surface area contributed by atoms with E-state index in [1.807, 2.05) is 32.9 Å². The van der Waals surface area contributed by atoms with E-state index in [0.29, 0.717) is 17.3 Å². The van der Waals surface area contributed by atoms with Gasteiger partial charge in [0.1, 0.15) is 17.5 Å². The van der Waals surface area contributed by atoms with E-state index in [0.717, 1.165) is 35.9 Å². The van der Waals surface area contributed by atoms with Crippen LogP contribution < -0.4 is 14.9 Å². The van der Waals surface area contributed by atoms with Crippen LogP contribution in [0.25, 0.3) is 0 Å². The Labute approximate surface area is 167 Å². The van der Waals surface area contributed by atoms with E-state index < -0.39 is 10.0 Å². The fourth-order valence-corrected chi connectivity index (χ4v) is 4.38. The van der Waals surface area contributed by atoms with Gasteiger partial charge in [-0.2, -0.15) is 0 Å². The van der Waals surface area contributed by atoms with Crippen LogP contribution in [0.5, 0.6) is 0 Å². The lowest BCUT2D eigenvalue weighted by Crippen LogP contribution is -2.31. The van der Waals surface area contributed by atoms with Crippen molar-refractivity contribution in [3.05, 3.63) is 41.2 Å². The summed E-state index contributed by atoms with van der Waals surface area (Å²) in [5.74, 6) is 2.37. The van der Waals surface area contributed by atoms with Crippen molar-refractivity contribution < 1.29 is 8.42 Å². The highest BCUT2D eigenvalue weighted by molar-refractivity contribution is 7.89. The maximum atomic E-state index is 12.5. The molecule has 1 aromatic carbocycles. The number of benzene rings is 1. The molecule has 0 amide bonds. The van der Waals surface area contributed by atoms with Gasteiger partial charge < -0.3 is 10.2 Å². The van der Waals surface area contributed by atoms with E-state index in [1.54, 1.807) is 12.1 Å². The molecule has 2 N–H and O–H groups in total. The zero-order chi connectivity index (χ0) is 20.1. The van der Waals surface area contributed by atoms with E-state index in [4.69, 9.17) is 0 Å². The molecule has 0 bridgehead atoms. The first-order valence-corrected chi connectivity index (χ1v) is 11.2. The summed E-state index contributed by atoms with van der Waals surface area (Å²) in [4.78, 5) is 11.5. The van der Waals surface area contributed by atoms with Gasteiger partial charge in [-0.3, -0.25) is 0 Å². The van der Waals surface area contributed by atoms with Gasteiger partial charge >= 0.3 is 0 Å². The number of rotatable bonds is 7. The zero-order valence-corrected chi connectivity index (χ0v) is 17.6. The lowest BCUT2D eigenvalue weighted by Gasteiger charge is -2.28. The van der Waals surface area contributed by atoms with Crippen molar-refractivity contribution in [1.82, 2.24) is 14.7 Å². The normalized spacial score (nSPS) is 14.9. The molecule has 1 aliphatic rings. The average Bonchev–Trinajstić information content (AvgIpc) is 2.67. The Morgan fingerprint density at radius 2 is 1.71 bits per heavy atom. The number of hydrogen-bond acceptors (Lipinski definition) is 6. The lowest BCUT2D eigenvalue weighted by atomic mass is 10.1. The monoisotopic (exact) mass is 403 g/mol. The molecule has 3 rings (SSSR count). The summed E-state index contributed by atoms with van der Waals surface area (Å²) in [5, 5.41) is 3.20. The summed E-state index contributed by atoms with van der Waals surface area (Å²) >= 11 is 0. The van der Waals surface area contributed by atoms with Crippen molar-refractivity contribution in [3.63, 3.8) is 0 Å². The van der Waals surface area contributed by atoms with Gasteiger partial charge in [0.25, 0.3) is 0 Å². The van der Waals surface area contributed by atoms with Crippen LogP contribution in [0.1, 0.15) is 36.2 Å². The Kier molecular flexibility index (Phi) is 6.51. The number of aromatic nitrogens is 2. The lowest BCUT2D eigenvalue weighted by molar-refractivity contribution is 0.572. The van der Waals surface area contributed by atoms with Gasteiger partial charge in [-0.15, -0.1) is 0 Å². The third kappa shape index (κ3) is 5.20. The molecule has 28 heavy (non-hydrogen) atoms. The van der Waals surface area contributed by atoms with Crippen molar-refractivity contribution in [2.75, 3.05) is 36.4 Å². The maximum Gasteiger partial charge on any atom is 0.240 e. The van der Waals surface area contributed by atoms with E-state index in [-0.39, 0.29) is 6.54 Å². The molecule has 1 aliphatic heterocycles. The highest BCUT2D eigenvalue weighted by atomic mass is 32.2. The molecule has 0 unspecified atom stereocenters. The predicted octanol–water partition coefficient (Wildman–Crippen LogP) is 2.78. The second-order valence-electron chi connectivity index (χ2n) is 7.28. The Balaban J connectivity index is 1.57. The molecule has 0 aliphatic carbocycles. The molecular formula is C20H29N5O2S. The van der Waals surface area contributed by atoms with E-state index >= 15 is 0 Å². The van der Waals surface area contributed by atoms with Crippen molar-refractivity contribution in [2.24, 2.45) is 0 Å². The predicted molar refractivity (Wildman–Crippen MR) is 112 cm³/mol. The second-order valence-corrected chi connectivity index (χ2v) is 9.04. The van der Waals surface area contributed by atoms with Crippen molar-refractivity contribution in [1.29, 1.82) is 0 Å². The second kappa shape index (κ2) is 8.87. The number of nitrogens with one attached hydrogen (secondary N) is 2. The highest BCUT2D eigenvalue weighted by Gasteiger charge is 2.15. The first-order valence-electron chi connectivity index (χ1n) is 9.76. The van der Waals surface area contributed by atoms with Gasteiger partial charge in [0, 0.05) is 32.2 Å². The minimum absolute atomic E-state index is 0.275. The summed E-state index contributed by atoms with van der Waals surface area (Å²) in [6, 6.07) is 7.10. The molecule has 152 valence electrons. The molecule has 0 atom stereocenters. The van der Waals surface area contributed by atoms with Crippen LogP contribution >= 0.6 is 0 Å². The standard InChI is InChI=1S/C20H29N5O2S/c1-15-7-8-18(13-16(15)2)28(26,27)22-10-9-21-19-14-20(24-17(3)23-19)25-11-5-4-6-12-25/h7-8,13-14,22H,4-6,9-12H2,1-3H3,(H,21,23,24). The Hall–Kier alpha value is -2.19. The van der Waals surface area contributed by atoms with Gasteiger partial charge in [0.15, 0.2) is 0 Å². The largest absolute Gasteiger partial charge is 0.369 e. The summed E-state index contributed by atoms with van der Waals surface area (Å²) in [7, 11) is -3.52. The number of hydrogen-bond donors (Lipinski definition) is 2. The van der Waals surface area contributed by atoms with Crippen LogP contribution in [0.15, 0.2) is 29.2 Å². The van der Waals surface area contributed by atoms with E-state index in [2.05, 4.69) is 24.9 Å². The topological polar surface area (TPSA) is 87.2 Å². The molecule has 2 heterocycles. The third-order valence-electron chi connectivity index (χ3n) is 5.02. The zero-order valence-electron chi connectivity index (χ0n) is 16.8. The molecule has 2 aromatic rings. The van der Waals surface area contributed by atoms with Crippen LogP contribution in [-0.2, 0) is 10.0 Å². The summed E-state index contributed by atoms with van der Waals surface area (Å²) in [6.45, 7) is 8.51. The fraction of sp³-hybridized carbons (Fsp3) is 0.500. The van der Waals surface area contributed by atoms with Crippen molar-refractivity contribution in [2.45, 2.75) is 44.9 Å². The van der Waals surface area contributed by atoms with E-state index in [1.165, 1.54) is 19.3 Å². The number of piperidine rings is 1. The number of sulfonamides is 1. The van der Waals surface area contributed by atoms with Crippen LogP contribution in [0.4, 0.5) is 11.6 Å². The molecule has 0 spiro atoms. The van der Waals surface area contributed by atoms with Crippen molar-refractivity contribution >= 4 is 21.7 Å². The molecule has 0 saturated carbocycles. The summed E-state index contributed by atoms with van der Waals surface area (Å²) in [5.41, 5.74) is 2.03. The van der Waals surface area contributed by atoms with Gasteiger partial charge in [0.2, 0.25) is 10.0 Å². The summed E-state index contributed by atoms with van der Waals surface area (Å²) in [6.07, 6.45) is 3.64. The third-order valence-corrected chi connectivity index (χ3v) is 6.48. The number of nitrogens with zero attached hydrogens (tertiary/aromatic N) is 3. The van der Waals surface area contributed by atoms with Gasteiger partial charge in [-0.1, -0.05) is 6.07 Å².